The first-order valence-corrected chi connectivity index (χ1v) is 6.43. The van der Waals surface area contributed by atoms with Crippen LogP contribution in [0.15, 0.2) is 48.5 Å². The second-order valence-corrected chi connectivity index (χ2v) is 4.50. The van der Waals surface area contributed by atoms with Crippen molar-refractivity contribution in [3.8, 4) is 0 Å². The summed E-state index contributed by atoms with van der Waals surface area (Å²) in [6.07, 6.45) is 0. The van der Waals surface area contributed by atoms with Gasteiger partial charge in [0.1, 0.15) is 5.82 Å². The molecule has 0 saturated carbocycles. The number of nitrogens with zero attached hydrogens (tertiary/aromatic N) is 1. The van der Waals surface area contributed by atoms with Gasteiger partial charge in [-0.05, 0) is 42.8 Å². The third kappa shape index (κ3) is 3.35. The lowest BCUT2D eigenvalue weighted by molar-refractivity contribution is 0.0696. The van der Waals surface area contributed by atoms with Crippen molar-refractivity contribution in [3.63, 3.8) is 0 Å². The topological polar surface area (TPSA) is 40.5 Å². The molecule has 0 fully saturated rings. The number of aromatic carboxylic acids is 1. The Balaban J connectivity index is 2.22. The third-order valence-corrected chi connectivity index (χ3v) is 3.10. The molecule has 0 radical (unpaired) electrons. The summed E-state index contributed by atoms with van der Waals surface area (Å²) in [5, 5.41) is 8.99. The molecule has 0 aliphatic heterocycles. The molecule has 0 unspecified atom stereocenters. The second-order valence-electron chi connectivity index (χ2n) is 4.50. The van der Waals surface area contributed by atoms with E-state index in [1.807, 2.05) is 24.0 Å². The molecule has 3 nitrogen and oxygen atoms in total. The van der Waals surface area contributed by atoms with Gasteiger partial charge in [-0.15, -0.1) is 0 Å². The predicted octanol–water partition coefficient (Wildman–Crippen LogP) is 3.55. The standard InChI is InChI=1S/C16H16FNO2/c1-2-18(15-8-4-7-14(17)10-15)11-12-5-3-6-13(9-12)16(19)20/h3-10H,2,11H2,1H3,(H,19,20). The molecule has 0 aliphatic carbocycles. The van der Waals surface area contributed by atoms with E-state index in [-0.39, 0.29) is 11.4 Å². The minimum atomic E-state index is -0.944. The molecule has 2 aromatic carbocycles. The third-order valence-electron chi connectivity index (χ3n) is 3.10. The van der Waals surface area contributed by atoms with Crippen molar-refractivity contribution in [3.05, 3.63) is 65.5 Å². The lowest BCUT2D eigenvalue weighted by Crippen LogP contribution is -2.22. The highest BCUT2D eigenvalue weighted by atomic mass is 19.1. The van der Waals surface area contributed by atoms with Crippen molar-refractivity contribution in [2.24, 2.45) is 0 Å². The van der Waals surface area contributed by atoms with E-state index in [1.54, 1.807) is 24.3 Å². The second kappa shape index (κ2) is 6.19. The van der Waals surface area contributed by atoms with Crippen LogP contribution in [0.3, 0.4) is 0 Å². The van der Waals surface area contributed by atoms with Crippen LogP contribution in [-0.2, 0) is 6.54 Å². The van der Waals surface area contributed by atoms with Gasteiger partial charge in [0.05, 0.1) is 5.56 Å². The summed E-state index contributed by atoms with van der Waals surface area (Å²) in [6, 6.07) is 13.2. The van der Waals surface area contributed by atoms with Crippen molar-refractivity contribution in [1.29, 1.82) is 0 Å². The average Bonchev–Trinajstić information content (AvgIpc) is 2.45. The highest BCUT2D eigenvalue weighted by molar-refractivity contribution is 5.87. The van der Waals surface area contributed by atoms with Crippen LogP contribution in [0.2, 0.25) is 0 Å². The number of anilines is 1. The summed E-state index contributed by atoms with van der Waals surface area (Å²) in [7, 11) is 0. The van der Waals surface area contributed by atoms with Crippen LogP contribution in [0, 0.1) is 5.82 Å². The molecule has 104 valence electrons. The van der Waals surface area contributed by atoms with E-state index in [0.29, 0.717) is 13.1 Å². The fourth-order valence-corrected chi connectivity index (χ4v) is 2.08. The Kier molecular flexibility index (Phi) is 4.35. The molecular formula is C16H16FNO2. The van der Waals surface area contributed by atoms with Crippen LogP contribution >= 0.6 is 0 Å². The molecule has 0 saturated heterocycles. The number of carboxylic acids is 1. The zero-order chi connectivity index (χ0) is 14.5. The number of hydrogen-bond donors (Lipinski definition) is 1. The smallest absolute Gasteiger partial charge is 0.335 e. The predicted molar refractivity (Wildman–Crippen MR) is 76.5 cm³/mol. The van der Waals surface area contributed by atoms with Crippen LogP contribution in [0.4, 0.5) is 10.1 Å². The molecule has 2 aromatic rings. The molecule has 0 amide bonds. The lowest BCUT2D eigenvalue weighted by Gasteiger charge is -2.23. The van der Waals surface area contributed by atoms with Crippen LogP contribution < -0.4 is 4.90 Å². The summed E-state index contributed by atoms with van der Waals surface area (Å²) in [4.78, 5) is 13.0. The van der Waals surface area contributed by atoms with Gasteiger partial charge in [0, 0.05) is 18.8 Å². The Labute approximate surface area is 117 Å². The van der Waals surface area contributed by atoms with E-state index in [0.717, 1.165) is 11.3 Å². The maximum atomic E-state index is 13.3. The van der Waals surface area contributed by atoms with E-state index in [9.17, 15) is 9.18 Å². The van der Waals surface area contributed by atoms with Crippen molar-refractivity contribution in [2.75, 3.05) is 11.4 Å². The van der Waals surface area contributed by atoms with Crippen molar-refractivity contribution in [2.45, 2.75) is 13.5 Å². The van der Waals surface area contributed by atoms with Crippen molar-refractivity contribution >= 4 is 11.7 Å². The molecule has 2 rings (SSSR count). The number of benzene rings is 2. The van der Waals surface area contributed by atoms with E-state index < -0.39 is 5.97 Å². The first kappa shape index (κ1) is 14.1. The van der Waals surface area contributed by atoms with Gasteiger partial charge in [-0.1, -0.05) is 18.2 Å². The minimum Gasteiger partial charge on any atom is -0.478 e. The van der Waals surface area contributed by atoms with Gasteiger partial charge in [-0.2, -0.15) is 0 Å². The largest absolute Gasteiger partial charge is 0.478 e. The molecule has 0 spiro atoms. The molecule has 0 aromatic heterocycles. The maximum absolute atomic E-state index is 13.3. The number of carboxylic acid groups (broad SMARTS) is 1. The average molecular weight is 273 g/mol. The van der Waals surface area contributed by atoms with Crippen molar-refractivity contribution < 1.29 is 14.3 Å². The van der Waals surface area contributed by atoms with Crippen LogP contribution in [0.1, 0.15) is 22.8 Å². The quantitative estimate of drug-likeness (QED) is 0.905. The zero-order valence-corrected chi connectivity index (χ0v) is 11.2. The van der Waals surface area contributed by atoms with Gasteiger partial charge in [0.15, 0.2) is 0 Å². The first-order valence-electron chi connectivity index (χ1n) is 6.43. The fourth-order valence-electron chi connectivity index (χ4n) is 2.08. The highest BCUT2D eigenvalue weighted by Gasteiger charge is 2.08. The van der Waals surface area contributed by atoms with E-state index in [1.165, 1.54) is 12.1 Å². The summed E-state index contributed by atoms with van der Waals surface area (Å²) in [5.74, 6) is -1.22. The highest BCUT2D eigenvalue weighted by Crippen LogP contribution is 2.18. The number of rotatable bonds is 5. The summed E-state index contributed by atoms with van der Waals surface area (Å²) in [5.41, 5.74) is 1.93. The molecule has 0 heterocycles. The molecule has 0 bridgehead atoms. The number of hydrogen-bond acceptors (Lipinski definition) is 2. The lowest BCUT2D eigenvalue weighted by atomic mass is 10.1. The Morgan fingerprint density at radius 1 is 1.20 bits per heavy atom. The number of halogens is 1. The van der Waals surface area contributed by atoms with E-state index in [2.05, 4.69) is 0 Å². The number of carbonyl (C=O) groups is 1. The van der Waals surface area contributed by atoms with E-state index >= 15 is 0 Å². The monoisotopic (exact) mass is 273 g/mol. The molecule has 4 heteroatoms. The van der Waals surface area contributed by atoms with Gasteiger partial charge < -0.3 is 10.0 Å². The Morgan fingerprint density at radius 2 is 1.95 bits per heavy atom. The van der Waals surface area contributed by atoms with Crippen molar-refractivity contribution in [1.82, 2.24) is 0 Å². The van der Waals surface area contributed by atoms with Gasteiger partial charge in [0.25, 0.3) is 0 Å². The van der Waals surface area contributed by atoms with Gasteiger partial charge >= 0.3 is 5.97 Å². The van der Waals surface area contributed by atoms with E-state index in [4.69, 9.17) is 5.11 Å². The molecule has 20 heavy (non-hydrogen) atoms. The Morgan fingerprint density at radius 3 is 2.60 bits per heavy atom. The Bertz CT molecular complexity index is 613. The summed E-state index contributed by atoms with van der Waals surface area (Å²) >= 11 is 0. The Hall–Kier alpha value is -2.36. The molecule has 0 atom stereocenters. The normalized spacial score (nSPS) is 10.3. The maximum Gasteiger partial charge on any atom is 0.335 e. The van der Waals surface area contributed by atoms with Crippen LogP contribution in [0.5, 0.6) is 0 Å². The molecule has 0 aliphatic rings. The van der Waals surface area contributed by atoms with Crippen LogP contribution in [-0.4, -0.2) is 17.6 Å². The summed E-state index contributed by atoms with van der Waals surface area (Å²) < 4.78 is 13.3. The minimum absolute atomic E-state index is 0.262. The van der Waals surface area contributed by atoms with Gasteiger partial charge in [-0.3, -0.25) is 0 Å². The van der Waals surface area contributed by atoms with Gasteiger partial charge in [-0.25, -0.2) is 9.18 Å². The van der Waals surface area contributed by atoms with Crippen LogP contribution in [0.25, 0.3) is 0 Å². The SMILES string of the molecule is CCN(Cc1cccc(C(=O)O)c1)c1cccc(F)c1. The first-order chi connectivity index (χ1) is 9.60. The summed E-state index contributed by atoms with van der Waals surface area (Å²) in [6.45, 7) is 3.23. The molecule has 1 N–H and O–H groups in total. The van der Waals surface area contributed by atoms with Gasteiger partial charge in [0.2, 0.25) is 0 Å². The zero-order valence-electron chi connectivity index (χ0n) is 11.2. The fraction of sp³-hybridized carbons (Fsp3) is 0.188. The molecular weight excluding hydrogens is 257 g/mol.